The van der Waals surface area contributed by atoms with Crippen LogP contribution in [0.3, 0.4) is 0 Å². The minimum Gasteiger partial charge on any atom is -0.314 e. The smallest absolute Gasteiger partial charge is 0.0346 e. The van der Waals surface area contributed by atoms with E-state index in [1.54, 1.807) is 0 Å². The van der Waals surface area contributed by atoms with Crippen LogP contribution in [0.25, 0.3) is 0 Å². The van der Waals surface area contributed by atoms with E-state index in [4.69, 9.17) is 0 Å². The summed E-state index contributed by atoms with van der Waals surface area (Å²) in [5, 5.41) is 6.87. The standard InChI is InChI=1S/C7H15N3/c1-10-6-2-8-4-7(10)5-9-3-6/h6-9H,2-5H2,1H3. The maximum Gasteiger partial charge on any atom is 0.0346 e. The molecule has 0 aromatic heterocycles. The summed E-state index contributed by atoms with van der Waals surface area (Å²) >= 11 is 0. The predicted molar refractivity (Wildman–Crippen MR) is 41.1 cm³/mol. The van der Waals surface area contributed by atoms with Crippen molar-refractivity contribution in [3.8, 4) is 0 Å². The van der Waals surface area contributed by atoms with Gasteiger partial charge in [0.2, 0.25) is 0 Å². The lowest BCUT2D eigenvalue weighted by Crippen LogP contribution is -2.65. The lowest BCUT2D eigenvalue weighted by Gasteiger charge is -2.44. The molecule has 0 aromatic rings. The first-order valence-corrected chi connectivity index (χ1v) is 4.01. The molecule has 2 aliphatic heterocycles. The number of nitrogens with zero attached hydrogens (tertiary/aromatic N) is 1. The first-order valence-electron chi connectivity index (χ1n) is 4.01. The molecule has 2 bridgehead atoms. The van der Waals surface area contributed by atoms with Crippen molar-refractivity contribution in [2.45, 2.75) is 12.1 Å². The molecule has 0 unspecified atom stereocenters. The van der Waals surface area contributed by atoms with Gasteiger partial charge in [-0.1, -0.05) is 0 Å². The fourth-order valence-corrected chi connectivity index (χ4v) is 1.85. The zero-order valence-electron chi connectivity index (χ0n) is 6.43. The number of piperazine rings is 2. The second kappa shape index (κ2) is 2.49. The summed E-state index contributed by atoms with van der Waals surface area (Å²) in [6.07, 6.45) is 0. The average Bonchev–Trinajstić information content (AvgIpc) is 1.86. The SMILES string of the molecule is CN1C2CNCC1CNC2. The van der Waals surface area contributed by atoms with Gasteiger partial charge in [-0.05, 0) is 7.05 Å². The van der Waals surface area contributed by atoms with Gasteiger partial charge in [-0.2, -0.15) is 0 Å². The Kier molecular flexibility index (Phi) is 1.64. The van der Waals surface area contributed by atoms with Gasteiger partial charge >= 0.3 is 0 Å². The van der Waals surface area contributed by atoms with Crippen LogP contribution in [-0.4, -0.2) is 50.2 Å². The van der Waals surface area contributed by atoms with Crippen molar-refractivity contribution >= 4 is 0 Å². The third kappa shape index (κ3) is 0.944. The Labute approximate surface area is 61.8 Å². The maximum absolute atomic E-state index is 3.44. The van der Waals surface area contributed by atoms with Crippen LogP contribution in [0.2, 0.25) is 0 Å². The van der Waals surface area contributed by atoms with E-state index in [2.05, 4.69) is 22.6 Å². The minimum atomic E-state index is 0.729. The van der Waals surface area contributed by atoms with Crippen molar-refractivity contribution in [1.29, 1.82) is 0 Å². The molecule has 2 heterocycles. The molecule has 0 spiro atoms. The molecule has 0 amide bonds. The number of hydrogen-bond acceptors (Lipinski definition) is 3. The molecule has 0 saturated carbocycles. The fourth-order valence-electron chi connectivity index (χ4n) is 1.85. The molecule has 2 saturated heterocycles. The van der Waals surface area contributed by atoms with Crippen LogP contribution in [-0.2, 0) is 0 Å². The van der Waals surface area contributed by atoms with Crippen LogP contribution in [0.4, 0.5) is 0 Å². The quantitative estimate of drug-likeness (QED) is 0.446. The van der Waals surface area contributed by atoms with Gasteiger partial charge in [0.15, 0.2) is 0 Å². The molecule has 3 nitrogen and oxygen atoms in total. The third-order valence-corrected chi connectivity index (χ3v) is 2.67. The van der Waals surface area contributed by atoms with Crippen molar-refractivity contribution in [2.24, 2.45) is 0 Å². The van der Waals surface area contributed by atoms with E-state index in [9.17, 15) is 0 Å². The Hall–Kier alpha value is -0.120. The van der Waals surface area contributed by atoms with Crippen LogP contribution in [0.15, 0.2) is 0 Å². The molecule has 0 aromatic carbocycles. The summed E-state index contributed by atoms with van der Waals surface area (Å²) in [6, 6.07) is 1.46. The number of fused-ring (bicyclic) bond motifs is 2. The highest BCUT2D eigenvalue weighted by atomic mass is 15.3. The topological polar surface area (TPSA) is 27.3 Å². The lowest BCUT2D eigenvalue weighted by atomic mass is 10.1. The van der Waals surface area contributed by atoms with Gasteiger partial charge in [-0.15, -0.1) is 0 Å². The van der Waals surface area contributed by atoms with Crippen LogP contribution >= 0.6 is 0 Å². The van der Waals surface area contributed by atoms with Gasteiger partial charge in [-0.25, -0.2) is 0 Å². The molecule has 2 rings (SSSR count). The summed E-state index contributed by atoms with van der Waals surface area (Å²) in [7, 11) is 2.23. The highest BCUT2D eigenvalue weighted by Crippen LogP contribution is 2.09. The Morgan fingerprint density at radius 1 is 1.00 bits per heavy atom. The highest BCUT2D eigenvalue weighted by molar-refractivity contribution is 4.91. The molecule has 2 N–H and O–H groups in total. The molecule has 3 heteroatoms. The van der Waals surface area contributed by atoms with Crippen LogP contribution in [0.1, 0.15) is 0 Å². The predicted octanol–water partition coefficient (Wildman–Crippen LogP) is -1.14. The van der Waals surface area contributed by atoms with E-state index in [1.165, 1.54) is 0 Å². The van der Waals surface area contributed by atoms with Gasteiger partial charge < -0.3 is 10.6 Å². The zero-order chi connectivity index (χ0) is 6.97. The monoisotopic (exact) mass is 141 g/mol. The minimum absolute atomic E-state index is 0.729. The van der Waals surface area contributed by atoms with Gasteiger partial charge in [0.05, 0.1) is 0 Å². The maximum atomic E-state index is 3.44. The van der Waals surface area contributed by atoms with Crippen LogP contribution in [0, 0.1) is 0 Å². The molecule has 0 aliphatic carbocycles. The van der Waals surface area contributed by atoms with Gasteiger partial charge in [0.25, 0.3) is 0 Å². The van der Waals surface area contributed by atoms with Crippen molar-refractivity contribution in [1.82, 2.24) is 15.5 Å². The van der Waals surface area contributed by atoms with E-state index >= 15 is 0 Å². The van der Waals surface area contributed by atoms with E-state index in [0.29, 0.717) is 0 Å². The molecule has 2 fully saturated rings. The Bertz CT molecular complexity index is 104. The second-order valence-electron chi connectivity index (χ2n) is 3.29. The zero-order valence-corrected chi connectivity index (χ0v) is 6.43. The molecule has 2 aliphatic rings. The van der Waals surface area contributed by atoms with Crippen molar-refractivity contribution < 1.29 is 0 Å². The largest absolute Gasteiger partial charge is 0.314 e. The number of nitrogens with one attached hydrogen (secondary N) is 2. The van der Waals surface area contributed by atoms with Gasteiger partial charge in [0, 0.05) is 38.3 Å². The fraction of sp³-hybridized carbons (Fsp3) is 1.00. The van der Waals surface area contributed by atoms with Gasteiger partial charge in [-0.3, -0.25) is 4.90 Å². The van der Waals surface area contributed by atoms with E-state index < -0.39 is 0 Å². The highest BCUT2D eigenvalue weighted by Gasteiger charge is 2.30. The normalized spacial score (nSPS) is 41.7. The van der Waals surface area contributed by atoms with E-state index in [1.807, 2.05) is 0 Å². The van der Waals surface area contributed by atoms with Crippen molar-refractivity contribution in [3.63, 3.8) is 0 Å². The van der Waals surface area contributed by atoms with Crippen molar-refractivity contribution in [3.05, 3.63) is 0 Å². The molecular weight excluding hydrogens is 126 g/mol. The van der Waals surface area contributed by atoms with Crippen LogP contribution < -0.4 is 10.6 Å². The summed E-state index contributed by atoms with van der Waals surface area (Å²) < 4.78 is 0. The average molecular weight is 141 g/mol. The molecule has 58 valence electrons. The summed E-state index contributed by atoms with van der Waals surface area (Å²) in [4.78, 5) is 2.49. The third-order valence-electron chi connectivity index (χ3n) is 2.67. The first kappa shape index (κ1) is 6.58. The van der Waals surface area contributed by atoms with Gasteiger partial charge in [0.1, 0.15) is 0 Å². The Balaban J connectivity index is 2.05. The summed E-state index contributed by atoms with van der Waals surface area (Å²) in [6.45, 7) is 4.61. The van der Waals surface area contributed by atoms with E-state index in [-0.39, 0.29) is 0 Å². The van der Waals surface area contributed by atoms with E-state index in [0.717, 1.165) is 38.3 Å². The Morgan fingerprint density at radius 2 is 1.40 bits per heavy atom. The number of likely N-dealkylation sites (N-methyl/N-ethyl adjacent to an activating group) is 1. The second-order valence-corrected chi connectivity index (χ2v) is 3.29. The number of hydrogen-bond donors (Lipinski definition) is 2. The summed E-state index contributed by atoms with van der Waals surface area (Å²) in [5.41, 5.74) is 0. The molecule has 0 atom stereocenters. The van der Waals surface area contributed by atoms with Crippen LogP contribution in [0.5, 0.6) is 0 Å². The molecule has 10 heavy (non-hydrogen) atoms. The lowest BCUT2D eigenvalue weighted by molar-refractivity contribution is 0.0945. The molecule has 0 radical (unpaired) electrons. The Morgan fingerprint density at radius 3 is 1.70 bits per heavy atom. The number of rotatable bonds is 0. The summed E-state index contributed by atoms with van der Waals surface area (Å²) in [5.74, 6) is 0. The van der Waals surface area contributed by atoms with Crippen molar-refractivity contribution in [2.75, 3.05) is 33.2 Å². The molecular formula is C7H15N3. The first-order chi connectivity index (χ1) is 4.88.